The molecule has 2 aromatic rings. The highest BCUT2D eigenvalue weighted by Gasteiger charge is 2.41. The SMILES string of the molecule is CCNC(=NCCc1nc(C)no1)N1CC2OCCN(Cc3ccccc3)C2C1.I. The largest absolute Gasteiger partial charge is 0.373 e. The summed E-state index contributed by atoms with van der Waals surface area (Å²) in [6.45, 7) is 9.86. The summed E-state index contributed by atoms with van der Waals surface area (Å²) in [4.78, 5) is 13.9. The summed E-state index contributed by atoms with van der Waals surface area (Å²) in [6, 6.07) is 11.1. The number of hydrogen-bond acceptors (Lipinski definition) is 6. The molecule has 0 saturated carbocycles. The number of benzene rings is 1. The number of nitrogens with one attached hydrogen (secondary N) is 1. The topological polar surface area (TPSA) is 79.0 Å². The van der Waals surface area contributed by atoms with Crippen LogP contribution in [0.15, 0.2) is 39.8 Å². The monoisotopic (exact) mass is 526 g/mol. The number of aliphatic imine (C=N–C) groups is 1. The molecule has 8 nitrogen and oxygen atoms in total. The van der Waals surface area contributed by atoms with E-state index in [4.69, 9.17) is 14.3 Å². The summed E-state index contributed by atoms with van der Waals surface area (Å²) in [5, 5.41) is 7.26. The Hall–Kier alpha value is -1.72. The number of ether oxygens (including phenoxy) is 1. The number of hydrogen-bond donors (Lipinski definition) is 1. The predicted molar refractivity (Wildman–Crippen MR) is 126 cm³/mol. The molecule has 1 aromatic carbocycles. The van der Waals surface area contributed by atoms with Gasteiger partial charge in [-0.15, -0.1) is 24.0 Å². The number of nitrogens with zero attached hydrogens (tertiary/aromatic N) is 5. The van der Waals surface area contributed by atoms with Crippen molar-refractivity contribution in [3.63, 3.8) is 0 Å². The molecule has 1 N–H and O–H groups in total. The zero-order chi connectivity index (χ0) is 20.1. The summed E-state index contributed by atoms with van der Waals surface area (Å²) in [6.07, 6.45) is 0.863. The Kier molecular flexibility index (Phi) is 8.46. The van der Waals surface area contributed by atoms with Crippen LogP contribution in [0.2, 0.25) is 0 Å². The van der Waals surface area contributed by atoms with E-state index >= 15 is 0 Å². The van der Waals surface area contributed by atoms with Crippen molar-refractivity contribution in [2.75, 3.05) is 39.3 Å². The Labute approximate surface area is 195 Å². The molecule has 9 heteroatoms. The summed E-state index contributed by atoms with van der Waals surface area (Å²) >= 11 is 0. The number of aromatic nitrogens is 2. The fraction of sp³-hybridized carbons (Fsp3) is 0.571. The average Bonchev–Trinajstić information content (AvgIpc) is 3.35. The highest BCUT2D eigenvalue weighted by atomic mass is 127. The van der Waals surface area contributed by atoms with E-state index in [1.807, 2.05) is 6.92 Å². The lowest BCUT2D eigenvalue weighted by Crippen LogP contribution is -2.50. The van der Waals surface area contributed by atoms with Gasteiger partial charge in [0.15, 0.2) is 11.8 Å². The van der Waals surface area contributed by atoms with Crippen molar-refractivity contribution in [3.8, 4) is 0 Å². The van der Waals surface area contributed by atoms with Crippen molar-refractivity contribution < 1.29 is 9.26 Å². The molecule has 3 heterocycles. The molecular formula is C21H31IN6O2. The van der Waals surface area contributed by atoms with Gasteiger partial charge in [-0.25, -0.2) is 0 Å². The van der Waals surface area contributed by atoms with Gasteiger partial charge in [0, 0.05) is 39.1 Å². The van der Waals surface area contributed by atoms with Crippen LogP contribution in [-0.4, -0.2) is 77.4 Å². The molecule has 30 heavy (non-hydrogen) atoms. The molecule has 4 rings (SSSR count). The Morgan fingerprint density at radius 2 is 2.10 bits per heavy atom. The minimum absolute atomic E-state index is 0. The van der Waals surface area contributed by atoms with Crippen molar-refractivity contribution in [2.24, 2.45) is 4.99 Å². The molecule has 2 aliphatic rings. The Morgan fingerprint density at radius 3 is 2.83 bits per heavy atom. The average molecular weight is 526 g/mol. The van der Waals surface area contributed by atoms with E-state index in [1.165, 1.54) is 5.56 Å². The number of aryl methyl sites for hydroxylation is 1. The van der Waals surface area contributed by atoms with Crippen molar-refractivity contribution in [2.45, 2.75) is 39.0 Å². The van der Waals surface area contributed by atoms with Crippen LogP contribution in [0.3, 0.4) is 0 Å². The third kappa shape index (κ3) is 5.70. The number of morpholine rings is 1. The van der Waals surface area contributed by atoms with E-state index in [-0.39, 0.29) is 30.1 Å². The Balaban J connectivity index is 0.00000256. The molecule has 1 aromatic heterocycles. The van der Waals surface area contributed by atoms with E-state index in [0.717, 1.165) is 45.3 Å². The van der Waals surface area contributed by atoms with E-state index in [9.17, 15) is 0 Å². The zero-order valence-corrected chi connectivity index (χ0v) is 20.0. The maximum Gasteiger partial charge on any atom is 0.228 e. The summed E-state index contributed by atoms with van der Waals surface area (Å²) in [5.74, 6) is 2.23. The number of fused-ring (bicyclic) bond motifs is 1. The first-order chi connectivity index (χ1) is 14.2. The normalized spacial score (nSPS) is 21.9. The molecule has 0 radical (unpaired) electrons. The van der Waals surface area contributed by atoms with Crippen LogP contribution in [0.5, 0.6) is 0 Å². The Bertz CT molecular complexity index is 815. The first kappa shape index (κ1) is 23.0. The first-order valence-electron chi connectivity index (χ1n) is 10.4. The third-order valence-corrected chi connectivity index (χ3v) is 5.44. The molecule has 2 saturated heterocycles. The van der Waals surface area contributed by atoms with Crippen LogP contribution in [0.25, 0.3) is 0 Å². The quantitative estimate of drug-likeness (QED) is 0.351. The third-order valence-electron chi connectivity index (χ3n) is 5.44. The summed E-state index contributed by atoms with van der Waals surface area (Å²) in [7, 11) is 0. The number of rotatable bonds is 6. The van der Waals surface area contributed by atoms with E-state index in [0.29, 0.717) is 30.7 Å². The van der Waals surface area contributed by atoms with Crippen LogP contribution in [0.1, 0.15) is 24.2 Å². The second-order valence-electron chi connectivity index (χ2n) is 7.56. The number of halogens is 1. The van der Waals surface area contributed by atoms with Gasteiger partial charge in [-0.2, -0.15) is 4.98 Å². The van der Waals surface area contributed by atoms with Crippen LogP contribution in [-0.2, 0) is 17.7 Å². The van der Waals surface area contributed by atoms with Gasteiger partial charge in [-0.05, 0) is 19.4 Å². The number of guanidine groups is 1. The van der Waals surface area contributed by atoms with Crippen molar-refractivity contribution >= 4 is 29.9 Å². The fourth-order valence-electron chi connectivity index (χ4n) is 4.07. The molecule has 2 fully saturated rings. The summed E-state index contributed by atoms with van der Waals surface area (Å²) in [5.41, 5.74) is 1.35. The lowest BCUT2D eigenvalue weighted by atomic mass is 10.1. The molecule has 0 spiro atoms. The zero-order valence-electron chi connectivity index (χ0n) is 17.7. The van der Waals surface area contributed by atoms with Gasteiger partial charge in [0.25, 0.3) is 0 Å². The molecule has 0 aliphatic carbocycles. The lowest BCUT2D eigenvalue weighted by molar-refractivity contribution is -0.0502. The maximum absolute atomic E-state index is 6.11. The second kappa shape index (κ2) is 11.1. The molecule has 2 aliphatic heterocycles. The van der Waals surface area contributed by atoms with Crippen LogP contribution < -0.4 is 5.32 Å². The highest BCUT2D eigenvalue weighted by molar-refractivity contribution is 14.0. The molecule has 0 bridgehead atoms. The Morgan fingerprint density at radius 1 is 1.27 bits per heavy atom. The van der Waals surface area contributed by atoms with Crippen LogP contribution in [0.4, 0.5) is 0 Å². The highest BCUT2D eigenvalue weighted by Crippen LogP contribution is 2.24. The minimum Gasteiger partial charge on any atom is -0.373 e. The minimum atomic E-state index is 0. The van der Waals surface area contributed by atoms with Gasteiger partial charge in [0.2, 0.25) is 5.89 Å². The molecule has 164 valence electrons. The van der Waals surface area contributed by atoms with Gasteiger partial charge in [0.05, 0.1) is 25.3 Å². The van der Waals surface area contributed by atoms with Crippen molar-refractivity contribution in [3.05, 3.63) is 47.6 Å². The van der Waals surface area contributed by atoms with E-state index in [1.54, 1.807) is 0 Å². The summed E-state index contributed by atoms with van der Waals surface area (Å²) < 4.78 is 11.3. The van der Waals surface area contributed by atoms with Gasteiger partial charge in [-0.1, -0.05) is 35.5 Å². The molecule has 2 atom stereocenters. The van der Waals surface area contributed by atoms with Crippen molar-refractivity contribution in [1.29, 1.82) is 0 Å². The molecular weight excluding hydrogens is 495 g/mol. The first-order valence-corrected chi connectivity index (χ1v) is 10.4. The molecule has 2 unspecified atom stereocenters. The van der Waals surface area contributed by atoms with Crippen LogP contribution in [0, 0.1) is 6.92 Å². The lowest BCUT2D eigenvalue weighted by Gasteiger charge is -2.36. The second-order valence-corrected chi connectivity index (χ2v) is 7.56. The van der Waals surface area contributed by atoms with Gasteiger partial charge >= 0.3 is 0 Å². The standard InChI is InChI=1S/C21H30N6O2.HI/c1-3-22-21(23-10-9-20-24-16(2)25-29-20)27-14-18-19(15-27)28-12-11-26(18)13-17-7-5-4-6-8-17;/h4-8,18-19H,3,9-15H2,1-2H3,(H,22,23);1H. The predicted octanol–water partition coefficient (Wildman–Crippen LogP) is 2.09. The van der Waals surface area contributed by atoms with E-state index < -0.39 is 0 Å². The van der Waals surface area contributed by atoms with Crippen molar-refractivity contribution in [1.82, 2.24) is 25.3 Å². The van der Waals surface area contributed by atoms with Crippen LogP contribution >= 0.6 is 24.0 Å². The van der Waals surface area contributed by atoms with E-state index in [2.05, 4.69) is 62.5 Å². The smallest absolute Gasteiger partial charge is 0.228 e. The van der Waals surface area contributed by atoms with Gasteiger partial charge in [-0.3, -0.25) is 9.89 Å². The molecule has 0 amide bonds. The number of likely N-dealkylation sites (tertiary alicyclic amines) is 1. The van der Waals surface area contributed by atoms with Gasteiger partial charge in [0.1, 0.15) is 0 Å². The maximum atomic E-state index is 6.11. The fourth-order valence-corrected chi connectivity index (χ4v) is 4.07. The van der Waals surface area contributed by atoms with Gasteiger partial charge < -0.3 is 19.5 Å².